The van der Waals surface area contributed by atoms with Crippen LogP contribution in [0.5, 0.6) is 0 Å². The Morgan fingerprint density at radius 1 is 1.00 bits per heavy atom. The van der Waals surface area contributed by atoms with E-state index in [0.29, 0.717) is 26.2 Å². The molecule has 1 amide bonds. The van der Waals surface area contributed by atoms with Gasteiger partial charge in [-0.3, -0.25) is 14.2 Å². The number of hydrogen-bond donors (Lipinski definition) is 0. The van der Waals surface area contributed by atoms with Crippen LogP contribution in [0.4, 0.5) is 18.9 Å². The maximum Gasteiger partial charge on any atom is 0.438 e. The average Bonchev–Trinajstić information content (AvgIpc) is 2.79. The zero-order valence-corrected chi connectivity index (χ0v) is 18.7. The Morgan fingerprint density at radius 3 is 2.21 bits per heavy atom. The third-order valence-corrected chi connectivity index (χ3v) is 6.23. The van der Waals surface area contributed by atoms with E-state index < -0.39 is 23.5 Å². The fourth-order valence-electron chi connectivity index (χ4n) is 4.23. The molecule has 2 heterocycles. The Kier molecular flexibility index (Phi) is 5.90. The first kappa shape index (κ1) is 22.8. The standard InChI is InChI=1S/C24H25F3N4O2/c1-15-13-19-20(14-16(15)2)31(23(33)21(28-19)24(25,26)27)17(3)22(32)30-11-9-29(10-12-30)18-7-5-4-6-8-18/h4-8,13-14,17H,9-12H2,1-3H3/t17-/m1/s1. The Hall–Kier alpha value is -3.36. The quantitative estimate of drug-likeness (QED) is 0.597. The molecule has 0 N–H and O–H groups in total. The van der Waals surface area contributed by atoms with Crippen molar-refractivity contribution in [3.05, 3.63) is 69.6 Å². The number of alkyl halides is 3. The largest absolute Gasteiger partial charge is 0.438 e. The molecule has 6 nitrogen and oxygen atoms in total. The summed E-state index contributed by atoms with van der Waals surface area (Å²) in [5, 5.41) is 0. The summed E-state index contributed by atoms with van der Waals surface area (Å²) in [5.41, 5.74) is 0.0552. The van der Waals surface area contributed by atoms with Crippen molar-refractivity contribution in [2.24, 2.45) is 0 Å². The monoisotopic (exact) mass is 458 g/mol. The number of piperazine rings is 1. The van der Waals surface area contributed by atoms with Crippen molar-refractivity contribution in [3.8, 4) is 0 Å². The van der Waals surface area contributed by atoms with Gasteiger partial charge in [0.2, 0.25) is 11.6 Å². The predicted octanol–water partition coefficient (Wildman–Crippen LogP) is 3.94. The van der Waals surface area contributed by atoms with Crippen LogP contribution < -0.4 is 10.5 Å². The molecule has 1 aliphatic rings. The van der Waals surface area contributed by atoms with Gasteiger partial charge < -0.3 is 9.80 Å². The molecule has 0 saturated carbocycles. The van der Waals surface area contributed by atoms with Gasteiger partial charge in [-0.2, -0.15) is 13.2 Å². The zero-order chi connectivity index (χ0) is 23.9. The molecule has 174 valence electrons. The van der Waals surface area contributed by atoms with Crippen LogP contribution in [0.1, 0.15) is 29.8 Å². The van der Waals surface area contributed by atoms with E-state index in [1.807, 2.05) is 30.3 Å². The molecule has 9 heteroatoms. The highest BCUT2D eigenvalue weighted by atomic mass is 19.4. The highest BCUT2D eigenvalue weighted by Crippen LogP contribution is 2.29. The number of aromatic nitrogens is 2. The van der Waals surface area contributed by atoms with Crippen LogP contribution in [0, 0.1) is 13.8 Å². The first-order valence-electron chi connectivity index (χ1n) is 10.8. The van der Waals surface area contributed by atoms with Crippen molar-refractivity contribution >= 4 is 22.6 Å². The second-order valence-electron chi connectivity index (χ2n) is 8.38. The molecular formula is C24H25F3N4O2. The van der Waals surface area contributed by atoms with Crippen molar-refractivity contribution in [1.29, 1.82) is 0 Å². The lowest BCUT2D eigenvalue weighted by atomic mass is 10.1. The Morgan fingerprint density at radius 2 is 1.61 bits per heavy atom. The van der Waals surface area contributed by atoms with E-state index in [1.165, 1.54) is 13.0 Å². The molecule has 1 aliphatic heterocycles. The summed E-state index contributed by atoms with van der Waals surface area (Å²) >= 11 is 0. The second kappa shape index (κ2) is 8.53. The van der Waals surface area contributed by atoms with Crippen molar-refractivity contribution in [1.82, 2.24) is 14.5 Å². The van der Waals surface area contributed by atoms with Crippen LogP contribution >= 0.6 is 0 Å². The van der Waals surface area contributed by atoms with Gasteiger partial charge in [0.05, 0.1) is 11.0 Å². The minimum Gasteiger partial charge on any atom is -0.368 e. The van der Waals surface area contributed by atoms with Crippen molar-refractivity contribution in [2.45, 2.75) is 33.0 Å². The van der Waals surface area contributed by atoms with E-state index in [9.17, 15) is 22.8 Å². The fraction of sp³-hybridized carbons (Fsp3) is 0.375. The van der Waals surface area contributed by atoms with Crippen LogP contribution in [0.3, 0.4) is 0 Å². The van der Waals surface area contributed by atoms with E-state index in [4.69, 9.17) is 0 Å². The summed E-state index contributed by atoms with van der Waals surface area (Å²) in [5.74, 6) is -0.385. The smallest absolute Gasteiger partial charge is 0.368 e. The Bertz CT molecular complexity index is 1250. The zero-order valence-electron chi connectivity index (χ0n) is 18.7. The number of para-hydroxylation sites is 1. The molecule has 0 radical (unpaired) electrons. The Labute approximate surface area is 189 Å². The lowest BCUT2D eigenvalue weighted by Crippen LogP contribution is -2.51. The van der Waals surface area contributed by atoms with Gasteiger partial charge in [0.15, 0.2) is 0 Å². The molecule has 3 aromatic rings. The summed E-state index contributed by atoms with van der Waals surface area (Å²) in [6, 6.07) is 11.8. The molecule has 2 aromatic carbocycles. The predicted molar refractivity (Wildman–Crippen MR) is 120 cm³/mol. The number of benzene rings is 2. The lowest BCUT2D eigenvalue weighted by molar-refractivity contribution is -0.143. The van der Waals surface area contributed by atoms with Gasteiger partial charge in [0.1, 0.15) is 6.04 Å². The first-order chi connectivity index (χ1) is 15.6. The number of halogens is 3. The topological polar surface area (TPSA) is 58.4 Å². The molecule has 33 heavy (non-hydrogen) atoms. The lowest BCUT2D eigenvalue weighted by Gasteiger charge is -2.37. The summed E-state index contributed by atoms with van der Waals surface area (Å²) in [7, 11) is 0. The van der Waals surface area contributed by atoms with E-state index in [1.54, 1.807) is 24.8 Å². The number of fused-ring (bicyclic) bond motifs is 1. The average molecular weight is 458 g/mol. The van der Waals surface area contributed by atoms with E-state index in [0.717, 1.165) is 21.4 Å². The van der Waals surface area contributed by atoms with Gasteiger partial charge in [-0.1, -0.05) is 18.2 Å². The maximum atomic E-state index is 13.6. The molecule has 0 bridgehead atoms. The minimum absolute atomic E-state index is 0.0403. The third-order valence-electron chi connectivity index (χ3n) is 6.23. The van der Waals surface area contributed by atoms with E-state index >= 15 is 0 Å². The van der Waals surface area contributed by atoms with Gasteiger partial charge >= 0.3 is 6.18 Å². The van der Waals surface area contributed by atoms with E-state index in [-0.39, 0.29) is 16.9 Å². The van der Waals surface area contributed by atoms with Gasteiger partial charge in [-0.05, 0) is 56.2 Å². The number of rotatable bonds is 3. The second-order valence-corrected chi connectivity index (χ2v) is 8.38. The molecule has 1 saturated heterocycles. The van der Waals surface area contributed by atoms with Crippen molar-refractivity contribution < 1.29 is 18.0 Å². The summed E-state index contributed by atoms with van der Waals surface area (Å²) < 4.78 is 41.7. The number of nitrogens with zero attached hydrogens (tertiary/aromatic N) is 4. The SMILES string of the molecule is Cc1cc2nc(C(F)(F)F)c(=O)n([C@H](C)C(=O)N3CCN(c4ccccc4)CC3)c2cc1C. The highest BCUT2D eigenvalue weighted by molar-refractivity contribution is 5.84. The van der Waals surface area contributed by atoms with Gasteiger partial charge in [-0.15, -0.1) is 0 Å². The van der Waals surface area contributed by atoms with Crippen LogP contribution in [0.25, 0.3) is 11.0 Å². The van der Waals surface area contributed by atoms with Gasteiger partial charge in [0.25, 0.3) is 5.56 Å². The van der Waals surface area contributed by atoms with Gasteiger partial charge in [-0.25, -0.2) is 4.98 Å². The maximum absolute atomic E-state index is 13.6. The summed E-state index contributed by atoms with van der Waals surface area (Å²) in [6.45, 7) is 7.07. The summed E-state index contributed by atoms with van der Waals surface area (Å²) in [6.07, 6.45) is -4.92. The van der Waals surface area contributed by atoms with Crippen LogP contribution in [0.15, 0.2) is 47.3 Å². The molecule has 0 aliphatic carbocycles. The Balaban J connectivity index is 1.68. The normalized spacial score (nSPS) is 15.7. The molecule has 1 fully saturated rings. The number of amides is 1. The van der Waals surface area contributed by atoms with E-state index in [2.05, 4.69) is 9.88 Å². The van der Waals surface area contributed by atoms with Gasteiger partial charge in [0, 0.05) is 31.9 Å². The number of aryl methyl sites for hydroxylation is 2. The van der Waals surface area contributed by atoms with Crippen molar-refractivity contribution in [3.63, 3.8) is 0 Å². The fourth-order valence-corrected chi connectivity index (χ4v) is 4.23. The van der Waals surface area contributed by atoms with Crippen LogP contribution in [-0.2, 0) is 11.0 Å². The highest BCUT2D eigenvalue weighted by Gasteiger charge is 2.39. The summed E-state index contributed by atoms with van der Waals surface area (Å²) in [4.78, 5) is 33.6. The molecule has 4 rings (SSSR count). The van der Waals surface area contributed by atoms with Crippen LogP contribution in [-0.4, -0.2) is 46.5 Å². The van der Waals surface area contributed by atoms with Crippen molar-refractivity contribution in [2.75, 3.05) is 31.1 Å². The molecular weight excluding hydrogens is 433 g/mol. The third kappa shape index (κ3) is 4.31. The number of anilines is 1. The number of hydrogen-bond acceptors (Lipinski definition) is 4. The molecule has 1 aromatic heterocycles. The molecule has 1 atom stereocenters. The first-order valence-corrected chi connectivity index (χ1v) is 10.8. The number of carbonyl (C=O) groups excluding carboxylic acids is 1. The minimum atomic E-state index is -4.92. The number of carbonyl (C=O) groups is 1. The van der Waals surface area contributed by atoms with Crippen LogP contribution in [0.2, 0.25) is 0 Å². The molecule has 0 spiro atoms. The molecule has 0 unspecified atom stereocenters.